The summed E-state index contributed by atoms with van der Waals surface area (Å²) in [5.74, 6) is -3.08. The third kappa shape index (κ3) is 23.2. The molecule has 0 saturated carbocycles. The van der Waals surface area contributed by atoms with Crippen molar-refractivity contribution < 1.29 is 127 Å². The maximum atomic E-state index is 12.7. The molecule has 14 amide bonds. The van der Waals surface area contributed by atoms with E-state index in [2.05, 4.69) is 38.6 Å². The van der Waals surface area contributed by atoms with E-state index in [0.717, 1.165) is 42.9 Å². The highest BCUT2D eigenvalue weighted by Gasteiger charge is 2.54. The maximum absolute atomic E-state index is 12.7. The number of hydrogen-bond acceptors (Lipinski definition) is 24. The van der Waals surface area contributed by atoms with Gasteiger partial charge in [0.2, 0.25) is 23.6 Å². The van der Waals surface area contributed by atoms with E-state index in [-0.39, 0.29) is 114 Å². The number of Topliss-reactive ketones (excluding diaryl/α,β-unsaturated/α-hetero) is 2. The van der Waals surface area contributed by atoms with Gasteiger partial charge in [-0.05, 0) is 91.3 Å². The smallest absolute Gasteiger partial charge is 0.347 e. The first kappa shape index (κ1) is 86.5. The van der Waals surface area contributed by atoms with E-state index in [1.165, 1.54) is 26.8 Å². The number of piperidine rings is 4. The zero-order chi connectivity index (χ0) is 83.4. The van der Waals surface area contributed by atoms with Crippen molar-refractivity contribution >= 4 is 124 Å². The van der Waals surface area contributed by atoms with Gasteiger partial charge in [-0.25, -0.2) is 19.2 Å². The highest BCUT2D eigenvalue weighted by Crippen LogP contribution is 2.35. The van der Waals surface area contributed by atoms with Crippen molar-refractivity contribution in [1.82, 2.24) is 71.4 Å². The molecule has 8 saturated heterocycles. The number of carbonyl (C=O) groups excluding carboxylic acids is 12. The van der Waals surface area contributed by atoms with E-state index < -0.39 is 138 Å². The summed E-state index contributed by atoms with van der Waals surface area (Å²) in [5.41, 5.74) is 8.28. The molecule has 8 N–H and O–H groups in total. The number of likely N-dealkylation sites (N-methyl/N-ethyl adjacent to an activating group) is 2. The Morgan fingerprint density at radius 1 is 0.383 bits per heavy atom. The predicted octanol–water partition coefficient (Wildman–Crippen LogP) is 0.821. The minimum absolute atomic E-state index is 0.0775. The van der Waals surface area contributed by atoms with E-state index in [9.17, 15) is 91.2 Å². The van der Waals surface area contributed by atoms with Gasteiger partial charge >= 0.3 is 65.7 Å². The quantitative estimate of drug-likeness (QED) is 0.0296. The fourth-order valence-electron chi connectivity index (χ4n) is 14.1. The number of hydroxylamine groups is 8. The summed E-state index contributed by atoms with van der Waals surface area (Å²) in [6, 6.07) is 31.7. The molecule has 5 aromatic rings. The third-order valence-electron chi connectivity index (χ3n) is 19.5. The van der Waals surface area contributed by atoms with Crippen molar-refractivity contribution in [2.24, 2.45) is 0 Å². The lowest BCUT2D eigenvalue weighted by atomic mass is 10.00. The molecule has 13 rings (SSSR count). The number of carbonyl (C=O) groups is 12. The molecule has 8 aliphatic rings. The standard InChI is InChI=1S/C20H21N3O7S.C17H22N4O7S.C16H20N4O7S.C16H19N3O7S/c24-17(10-13-5-6-14-3-1-2-4-15(14)9-13)11-21-19(25)18-8-7-16-12-22(18)20(26)23(16)30-31(27,28)29;1-2-20(15(22)10-12-6-4-3-5-7-12)18-16(23)14-9-8-13-11-19(14)17(24)21(13)28-29(25,26)27;1-18(14(21)9-11-5-3-2-4-6-11)17-15(22)13-8-7-12-10-19(13)16(23)20(12)27-28(24,25)26;20-13(8-11-4-2-1-3-5-11)9-17-15(21)14-7-6-12-10-18(14)16(22)19(12)26-27(23,24)25/h1-6,9,16,18H,7-8,10-12H2,(H,21,25)(H,27,28,29);3-7,13-14H,2,8-11H2,1H3,(H,18,23)(H,25,26,27);2-6,12-13H,7-10H2,1H3,(H,17,22)(H,24,25,26);1-5,12,14H,6-10H2,(H,17,21)(H,23,24,25)/t16-,18+;13-,14+;12-,13+;12-,14+/m1111/s1. The molecule has 620 valence electrons. The highest BCUT2D eigenvalue weighted by molar-refractivity contribution is 7.81. The van der Waals surface area contributed by atoms with Gasteiger partial charge in [-0.2, -0.15) is 53.9 Å². The third-order valence-corrected chi connectivity index (χ3v) is 20.9. The van der Waals surface area contributed by atoms with Crippen molar-refractivity contribution in [3.05, 3.63) is 156 Å². The van der Waals surface area contributed by atoms with Crippen molar-refractivity contribution in [3.63, 3.8) is 0 Å². The fourth-order valence-corrected chi connectivity index (χ4v) is 15.7. The number of nitrogens with one attached hydrogen (secondary N) is 4. The molecule has 8 fully saturated rings. The Kier molecular flexibility index (Phi) is 27.9. The second-order valence-electron chi connectivity index (χ2n) is 27.4. The molecule has 0 unspecified atom stereocenters. The number of hydrogen-bond donors (Lipinski definition) is 8. The minimum atomic E-state index is -4.86. The summed E-state index contributed by atoms with van der Waals surface area (Å²) in [6.45, 7) is 1.95. The first-order valence-corrected chi connectivity index (χ1v) is 41.2. The van der Waals surface area contributed by atoms with E-state index in [4.69, 9.17) is 18.2 Å². The molecule has 5 aromatic carbocycles. The summed E-state index contributed by atoms with van der Waals surface area (Å²) >= 11 is 0. The zero-order valence-electron chi connectivity index (χ0n) is 61.4. The minimum Gasteiger partial charge on any atom is -0.347 e. The van der Waals surface area contributed by atoms with Gasteiger partial charge in [0.05, 0.1) is 50.1 Å². The molecule has 0 aliphatic carbocycles. The molecule has 8 heterocycles. The average Bonchev–Trinajstić information content (AvgIpc) is 1.67. The Hall–Kier alpha value is -10.9. The van der Waals surface area contributed by atoms with Gasteiger partial charge in [0.15, 0.2) is 11.6 Å². The number of rotatable bonds is 25. The average molecular weight is 1680 g/mol. The van der Waals surface area contributed by atoms with Gasteiger partial charge in [0.25, 0.3) is 11.8 Å². The van der Waals surface area contributed by atoms with Crippen LogP contribution in [0.4, 0.5) is 19.2 Å². The van der Waals surface area contributed by atoms with Gasteiger partial charge in [0, 0.05) is 52.6 Å². The Labute approximate surface area is 659 Å². The fraction of sp³-hybridized carbons (Fsp3) is 0.420. The van der Waals surface area contributed by atoms with Crippen LogP contribution in [-0.2, 0) is 123 Å². The van der Waals surface area contributed by atoms with Crippen LogP contribution in [0.25, 0.3) is 10.8 Å². The molecule has 8 aliphatic heterocycles. The largest absolute Gasteiger partial charge is 0.418 e. The summed E-state index contributed by atoms with van der Waals surface area (Å²) in [7, 11) is -18.0. The van der Waals surface area contributed by atoms with Crippen LogP contribution in [0.5, 0.6) is 0 Å². The molecule has 0 spiro atoms. The van der Waals surface area contributed by atoms with Crippen LogP contribution in [0.15, 0.2) is 133 Å². The van der Waals surface area contributed by atoms with Crippen LogP contribution in [0.2, 0.25) is 0 Å². The molecule has 115 heavy (non-hydrogen) atoms. The van der Waals surface area contributed by atoms with E-state index in [0.29, 0.717) is 52.4 Å². The first-order chi connectivity index (χ1) is 54.3. The lowest BCUT2D eigenvalue weighted by Gasteiger charge is -2.31. The van der Waals surface area contributed by atoms with Gasteiger partial charge in [-0.3, -0.25) is 77.4 Å². The van der Waals surface area contributed by atoms with E-state index in [1.54, 1.807) is 31.2 Å². The van der Waals surface area contributed by atoms with Crippen LogP contribution in [0.3, 0.4) is 0 Å². The molecular formula is C69H82N14O28S4. The van der Waals surface area contributed by atoms with Crippen LogP contribution >= 0.6 is 0 Å². The lowest BCUT2D eigenvalue weighted by molar-refractivity contribution is -0.143. The number of hydrazine groups is 2. The Morgan fingerprint density at radius 3 is 1.03 bits per heavy atom. The molecule has 0 aromatic heterocycles. The van der Waals surface area contributed by atoms with Crippen molar-refractivity contribution in [1.29, 1.82) is 0 Å². The van der Waals surface area contributed by atoms with Gasteiger partial charge in [-0.15, -0.1) is 17.1 Å². The number of urea groups is 4. The molecule has 8 atom stereocenters. The van der Waals surface area contributed by atoms with E-state index >= 15 is 0 Å². The molecule has 42 nitrogen and oxygen atoms in total. The number of benzene rings is 5. The molecule has 8 bridgehead atoms. The summed E-state index contributed by atoms with van der Waals surface area (Å²) in [6.07, 6.45) is 2.91. The monoisotopic (exact) mass is 1680 g/mol. The number of fused-ring (bicyclic) bond motifs is 9. The van der Waals surface area contributed by atoms with Gasteiger partial charge in [0.1, 0.15) is 24.2 Å². The lowest BCUT2D eigenvalue weighted by Crippen LogP contribution is -2.55. The Balaban J connectivity index is 0.000000162. The van der Waals surface area contributed by atoms with Crippen molar-refractivity contribution in [3.8, 4) is 0 Å². The molecular weight excluding hydrogens is 1600 g/mol. The normalized spacial score (nSPS) is 21.4. The zero-order valence-corrected chi connectivity index (χ0v) is 64.7. The summed E-state index contributed by atoms with van der Waals surface area (Å²) < 4.78 is 140. The van der Waals surface area contributed by atoms with Gasteiger partial charge in [-0.1, -0.05) is 133 Å². The van der Waals surface area contributed by atoms with Crippen LogP contribution < -0.4 is 21.5 Å². The van der Waals surface area contributed by atoms with Crippen molar-refractivity contribution in [2.45, 2.75) is 132 Å². The van der Waals surface area contributed by atoms with Crippen LogP contribution in [-0.4, -0.2) is 274 Å². The SMILES string of the molecule is CCN(NC(=O)[C@@H]1CC[C@@H]2CN1C(=O)N2OS(=O)(=O)O)C(=O)Cc1ccccc1.CN(NC(=O)[C@@H]1CC[C@@H]2CN1C(=O)N2OS(=O)(=O)O)C(=O)Cc1ccccc1.O=C(CNC(=O)[C@@H]1CC[C@@H]2CN1C(=O)N2OS(=O)(=O)O)Cc1ccc2ccccc2c1.O=C(CNC(=O)[C@@H]1CC[C@@H]2CN1C(=O)N2OS(=O)(=O)O)Cc1ccccc1. The second-order valence-corrected chi connectivity index (χ2v) is 31.5. The Bertz CT molecular complexity index is 4990. The van der Waals surface area contributed by atoms with Crippen molar-refractivity contribution in [2.75, 3.05) is 52.9 Å². The number of nitrogens with zero attached hydrogens (tertiary/aromatic N) is 10. The Morgan fingerprint density at radius 2 is 0.687 bits per heavy atom. The maximum Gasteiger partial charge on any atom is 0.418 e. The summed E-state index contributed by atoms with van der Waals surface area (Å²) in [5, 5.41) is 11.7. The molecule has 46 heteroatoms. The van der Waals surface area contributed by atoms with Gasteiger partial charge < -0.3 is 30.2 Å². The van der Waals surface area contributed by atoms with Crippen LogP contribution in [0, 0.1) is 0 Å². The number of ketones is 2. The summed E-state index contributed by atoms with van der Waals surface area (Å²) in [4.78, 5) is 153. The highest BCUT2D eigenvalue weighted by atomic mass is 32.3. The topological polar surface area (TPSA) is 540 Å². The first-order valence-electron chi connectivity index (χ1n) is 35.7. The van der Waals surface area contributed by atoms with E-state index in [1.807, 2.05) is 109 Å². The number of amides is 14. The predicted molar refractivity (Wildman–Crippen MR) is 394 cm³/mol. The molecule has 0 radical (unpaired) electrons. The second kappa shape index (κ2) is 37.1. The van der Waals surface area contributed by atoms with Crippen LogP contribution in [0.1, 0.15) is 80.5 Å².